The molecule has 4 heteroatoms. The normalized spacial score (nSPS) is 16.5. The summed E-state index contributed by atoms with van der Waals surface area (Å²) < 4.78 is 5.58. The van der Waals surface area contributed by atoms with Gasteiger partial charge in [0.15, 0.2) is 5.75 Å². The van der Waals surface area contributed by atoms with Crippen LogP contribution in [0.5, 0.6) is 5.75 Å². The Balaban J connectivity index is 1.86. The van der Waals surface area contributed by atoms with E-state index in [1.54, 1.807) is 12.4 Å². The molecule has 2 heterocycles. The van der Waals surface area contributed by atoms with Gasteiger partial charge in [0.2, 0.25) is 0 Å². The maximum atomic E-state index is 5.58. The molecule has 0 spiro atoms. The fraction of sp³-hybridized carbons (Fsp3) is 0.636. The first-order valence-corrected chi connectivity index (χ1v) is 5.41. The highest BCUT2D eigenvalue weighted by Crippen LogP contribution is 2.13. The lowest BCUT2D eigenvalue weighted by Crippen LogP contribution is -2.45. The summed E-state index contributed by atoms with van der Waals surface area (Å²) in [6.07, 6.45) is 3.52. The summed E-state index contributed by atoms with van der Waals surface area (Å²) in [6, 6.07) is 0. The van der Waals surface area contributed by atoms with E-state index in [1.807, 2.05) is 0 Å². The molecule has 2 rings (SSSR count). The smallest absolute Gasteiger partial charge is 0.155 e. The Bertz CT molecular complexity index is 306. The quantitative estimate of drug-likeness (QED) is 0.806. The first kappa shape index (κ1) is 10.4. The summed E-state index contributed by atoms with van der Waals surface area (Å²) >= 11 is 0. The molecule has 1 aliphatic rings. The summed E-state index contributed by atoms with van der Waals surface area (Å²) in [5.74, 6) is 2.66. The maximum Gasteiger partial charge on any atom is 0.155 e. The van der Waals surface area contributed by atoms with Crippen LogP contribution < -0.4 is 10.1 Å². The first-order chi connectivity index (χ1) is 7.25. The molecule has 1 fully saturated rings. The van der Waals surface area contributed by atoms with E-state index >= 15 is 0 Å². The van der Waals surface area contributed by atoms with Crippen LogP contribution in [0.15, 0.2) is 12.4 Å². The lowest BCUT2D eigenvalue weighted by atomic mass is 10.1. The third kappa shape index (κ3) is 2.65. The Morgan fingerprint density at radius 3 is 2.53 bits per heavy atom. The molecule has 0 aliphatic carbocycles. The van der Waals surface area contributed by atoms with E-state index in [1.165, 1.54) is 0 Å². The zero-order valence-corrected chi connectivity index (χ0v) is 9.23. The molecule has 0 radical (unpaired) electrons. The maximum absolute atomic E-state index is 5.58. The van der Waals surface area contributed by atoms with Gasteiger partial charge in [0.05, 0.1) is 19.0 Å². The number of hydrogen-bond acceptors (Lipinski definition) is 4. The molecular weight excluding hydrogens is 190 g/mol. The lowest BCUT2D eigenvalue weighted by Gasteiger charge is -2.26. The summed E-state index contributed by atoms with van der Waals surface area (Å²) in [5, 5.41) is 3.21. The van der Waals surface area contributed by atoms with Crippen molar-refractivity contribution in [3.63, 3.8) is 0 Å². The minimum Gasteiger partial charge on any atom is -0.490 e. The van der Waals surface area contributed by atoms with Gasteiger partial charge in [-0.1, -0.05) is 13.8 Å². The second-order valence-electron chi connectivity index (χ2n) is 4.27. The molecule has 1 N–H and O–H groups in total. The molecule has 0 saturated carbocycles. The average molecular weight is 207 g/mol. The highest BCUT2D eigenvalue weighted by molar-refractivity contribution is 5.13. The van der Waals surface area contributed by atoms with Crippen LogP contribution in [-0.2, 0) is 0 Å². The molecule has 1 aliphatic heterocycles. The second-order valence-corrected chi connectivity index (χ2v) is 4.27. The Hall–Kier alpha value is -1.16. The van der Waals surface area contributed by atoms with E-state index in [0.29, 0.717) is 11.8 Å². The van der Waals surface area contributed by atoms with Crippen LogP contribution in [0.4, 0.5) is 0 Å². The number of nitrogens with zero attached hydrogens (tertiary/aromatic N) is 2. The Morgan fingerprint density at radius 1 is 1.40 bits per heavy atom. The Kier molecular flexibility index (Phi) is 3.16. The van der Waals surface area contributed by atoms with Gasteiger partial charge in [0.1, 0.15) is 5.82 Å². The van der Waals surface area contributed by atoms with Gasteiger partial charge in [0.25, 0.3) is 0 Å². The van der Waals surface area contributed by atoms with Crippen molar-refractivity contribution in [2.45, 2.75) is 19.8 Å². The van der Waals surface area contributed by atoms with E-state index in [2.05, 4.69) is 29.1 Å². The van der Waals surface area contributed by atoms with Crippen molar-refractivity contribution in [2.24, 2.45) is 5.92 Å². The van der Waals surface area contributed by atoms with E-state index in [-0.39, 0.29) is 0 Å². The minimum atomic E-state index is 0.370. The highest BCUT2D eigenvalue weighted by atomic mass is 16.5. The van der Waals surface area contributed by atoms with Crippen molar-refractivity contribution >= 4 is 0 Å². The second kappa shape index (κ2) is 4.57. The van der Waals surface area contributed by atoms with Crippen LogP contribution in [0.3, 0.4) is 0 Å². The predicted molar refractivity (Wildman–Crippen MR) is 58.0 cm³/mol. The SMILES string of the molecule is CC(C)c1ncc(OCC2CNC2)cn1. The number of nitrogens with one attached hydrogen (secondary N) is 1. The van der Waals surface area contributed by atoms with Crippen LogP contribution >= 0.6 is 0 Å². The van der Waals surface area contributed by atoms with Gasteiger partial charge in [-0.3, -0.25) is 0 Å². The number of aromatic nitrogens is 2. The van der Waals surface area contributed by atoms with Gasteiger partial charge in [-0.05, 0) is 0 Å². The molecule has 0 atom stereocenters. The lowest BCUT2D eigenvalue weighted by molar-refractivity contribution is 0.198. The van der Waals surface area contributed by atoms with Gasteiger partial charge in [0, 0.05) is 24.9 Å². The third-order valence-electron chi connectivity index (χ3n) is 2.52. The fourth-order valence-corrected chi connectivity index (χ4v) is 1.38. The number of rotatable bonds is 4. The molecule has 82 valence electrons. The van der Waals surface area contributed by atoms with E-state index in [9.17, 15) is 0 Å². The third-order valence-corrected chi connectivity index (χ3v) is 2.52. The summed E-state index contributed by atoms with van der Waals surface area (Å²) in [5.41, 5.74) is 0. The molecule has 1 aromatic rings. The van der Waals surface area contributed by atoms with Crippen molar-refractivity contribution in [1.82, 2.24) is 15.3 Å². The number of ether oxygens (including phenoxy) is 1. The van der Waals surface area contributed by atoms with Gasteiger partial charge >= 0.3 is 0 Å². The van der Waals surface area contributed by atoms with Crippen LogP contribution in [0.1, 0.15) is 25.6 Å². The Labute approximate surface area is 90.1 Å². The minimum absolute atomic E-state index is 0.370. The van der Waals surface area contributed by atoms with E-state index in [0.717, 1.165) is 31.3 Å². The van der Waals surface area contributed by atoms with Gasteiger partial charge < -0.3 is 10.1 Å². The molecule has 4 nitrogen and oxygen atoms in total. The standard InChI is InChI=1S/C11H17N3O/c1-8(2)11-13-5-10(6-14-11)15-7-9-3-12-4-9/h5-6,8-9,12H,3-4,7H2,1-2H3. The van der Waals surface area contributed by atoms with Crippen LogP contribution in [0, 0.1) is 5.92 Å². The van der Waals surface area contributed by atoms with E-state index in [4.69, 9.17) is 4.74 Å². The van der Waals surface area contributed by atoms with Gasteiger partial charge in [-0.2, -0.15) is 0 Å². The highest BCUT2D eigenvalue weighted by Gasteiger charge is 2.17. The largest absolute Gasteiger partial charge is 0.490 e. The fourth-order valence-electron chi connectivity index (χ4n) is 1.38. The molecule has 0 bridgehead atoms. The summed E-state index contributed by atoms with van der Waals surface area (Å²) in [7, 11) is 0. The van der Waals surface area contributed by atoms with Gasteiger partial charge in [-0.15, -0.1) is 0 Å². The molecule has 0 amide bonds. The van der Waals surface area contributed by atoms with Crippen LogP contribution in [0.2, 0.25) is 0 Å². The number of hydrogen-bond donors (Lipinski definition) is 1. The molecule has 0 unspecified atom stereocenters. The van der Waals surface area contributed by atoms with Crippen LogP contribution in [-0.4, -0.2) is 29.7 Å². The molecule has 1 saturated heterocycles. The molecule has 0 aromatic carbocycles. The zero-order chi connectivity index (χ0) is 10.7. The predicted octanol–water partition coefficient (Wildman–Crippen LogP) is 1.20. The van der Waals surface area contributed by atoms with Crippen LogP contribution in [0.25, 0.3) is 0 Å². The molecular formula is C11H17N3O. The van der Waals surface area contributed by atoms with Crippen molar-refractivity contribution in [2.75, 3.05) is 19.7 Å². The topological polar surface area (TPSA) is 47.0 Å². The van der Waals surface area contributed by atoms with Crippen molar-refractivity contribution in [3.8, 4) is 5.75 Å². The van der Waals surface area contributed by atoms with E-state index < -0.39 is 0 Å². The summed E-state index contributed by atoms with van der Waals surface area (Å²) in [4.78, 5) is 8.50. The zero-order valence-electron chi connectivity index (χ0n) is 9.23. The average Bonchev–Trinajstić information content (AvgIpc) is 2.16. The monoisotopic (exact) mass is 207 g/mol. The summed E-state index contributed by atoms with van der Waals surface area (Å²) in [6.45, 7) is 7.04. The van der Waals surface area contributed by atoms with Crippen molar-refractivity contribution < 1.29 is 4.74 Å². The van der Waals surface area contributed by atoms with Crippen molar-refractivity contribution in [1.29, 1.82) is 0 Å². The molecule has 15 heavy (non-hydrogen) atoms. The molecule has 1 aromatic heterocycles. The first-order valence-electron chi connectivity index (χ1n) is 5.41. The van der Waals surface area contributed by atoms with Gasteiger partial charge in [-0.25, -0.2) is 9.97 Å². The Morgan fingerprint density at radius 2 is 2.07 bits per heavy atom. The van der Waals surface area contributed by atoms with Crippen molar-refractivity contribution in [3.05, 3.63) is 18.2 Å².